The lowest BCUT2D eigenvalue weighted by atomic mass is 10.1. The Hall–Kier alpha value is -2.08. The van der Waals surface area contributed by atoms with Crippen LogP contribution in [0, 0.1) is 0 Å². The first kappa shape index (κ1) is 17.3. The minimum atomic E-state index is -0.503. The Morgan fingerprint density at radius 1 is 1.26 bits per heavy atom. The molecule has 1 aromatic carbocycles. The van der Waals surface area contributed by atoms with Crippen LogP contribution < -0.4 is 5.32 Å². The average Bonchev–Trinajstić information content (AvgIpc) is 3.30. The molecule has 1 saturated carbocycles. The number of hydrogen-bond acceptors (Lipinski definition) is 4. The van der Waals surface area contributed by atoms with Gasteiger partial charge in [-0.3, -0.25) is 14.4 Å². The summed E-state index contributed by atoms with van der Waals surface area (Å²) in [6.07, 6.45) is 2.05. The van der Waals surface area contributed by atoms with Crippen LogP contribution in [0.5, 0.6) is 0 Å². The maximum Gasteiger partial charge on any atom is 0.310 e. The Morgan fingerprint density at radius 3 is 2.52 bits per heavy atom. The number of ether oxygens (including phenoxy) is 1. The summed E-state index contributed by atoms with van der Waals surface area (Å²) in [5, 5.41) is 3.38. The van der Waals surface area contributed by atoms with Gasteiger partial charge < -0.3 is 15.0 Å². The van der Waals surface area contributed by atoms with Crippen molar-refractivity contribution in [1.29, 1.82) is 0 Å². The number of nitrogens with one attached hydrogen (secondary N) is 1. The van der Waals surface area contributed by atoms with E-state index in [1.807, 2.05) is 0 Å². The molecule has 1 aromatic rings. The highest BCUT2D eigenvalue weighted by Gasteiger charge is 2.24. The van der Waals surface area contributed by atoms with E-state index in [1.165, 1.54) is 11.9 Å². The fourth-order valence-corrected chi connectivity index (χ4v) is 2.00. The molecule has 2 amide bonds. The van der Waals surface area contributed by atoms with Gasteiger partial charge in [0.1, 0.15) is 0 Å². The lowest BCUT2D eigenvalue weighted by Crippen LogP contribution is -2.40. The second-order valence-corrected chi connectivity index (χ2v) is 5.99. The predicted molar refractivity (Wildman–Crippen MR) is 84.9 cm³/mol. The third-order valence-electron chi connectivity index (χ3n) is 3.37. The molecule has 0 aliphatic heterocycles. The number of esters is 1. The smallest absolute Gasteiger partial charge is 0.310 e. The van der Waals surface area contributed by atoms with E-state index in [2.05, 4.69) is 5.32 Å². The lowest BCUT2D eigenvalue weighted by Gasteiger charge is -2.16. The highest BCUT2D eigenvalue weighted by molar-refractivity contribution is 6.30. The molecule has 1 aliphatic carbocycles. The van der Waals surface area contributed by atoms with Crippen molar-refractivity contribution in [2.24, 2.45) is 0 Å². The Balaban J connectivity index is 1.68. The summed E-state index contributed by atoms with van der Waals surface area (Å²) in [5.74, 6) is -1.12. The van der Waals surface area contributed by atoms with Gasteiger partial charge in [0.25, 0.3) is 5.91 Å². The Bertz CT molecular complexity index is 584. The van der Waals surface area contributed by atoms with E-state index in [1.54, 1.807) is 24.3 Å². The highest BCUT2D eigenvalue weighted by Crippen LogP contribution is 2.18. The van der Waals surface area contributed by atoms with Crippen molar-refractivity contribution in [2.45, 2.75) is 25.3 Å². The van der Waals surface area contributed by atoms with E-state index in [-0.39, 0.29) is 31.5 Å². The van der Waals surface area contributed by atoms with Crippen molar-refractivity contribution >= 4 is 29.4 Å². The number of hydrogen-bond donors (Lipinski definition) is 1. The molecule has 23 heavy (non-hydrogen) atoms. The molecule has 0 aromatic heterocycles. The van der Waals surface area contributed by atoms with Gasteiger partial charge in [-0.05, 0) is 30.5 Å². The minimum absolute atomic E-state index is 0.0376. The number of rotatable bonds is 7. The van der Waals surface area contributed by atoms with Gasteiger partial charge in [0.15, 0.2) is 6.61 Å². The summed E-state index contributed by atoms with van der Waals surface area (Å²) in [4.78, 5) is 36.4. The first-order valence-corrected chi connectivity index (χ1v) is 7.75. The molecule has 0 radical (unpaired) electrons. The Labute approximate surface area is 139 Å². The van der Waals surface area contributed by atoms with Crippen LogP contribution in [0.3, 0.4) is 0 Å². The number of carbonyl (C=O) groups is 3. The van der Waals surface area contributed by atoms with Gasteiger partial charge in [0.2, 0.25) is 5.91 Å². The molecule has 1 N–H and O–H groups in total. The molecular formula is C16H19ClN2O4. The first-order valence-electron chi connectivity index (χ1n) is 7.37. The fraction of sp³-hybridized carbons (Fsp3) is 0.438. The van der Waals surface area contributed by atoms with Crippen molar-refractivity contribution in [3.63, 3.8) is 0 Å². The zero-order valence-corrected chi connectivity index (χ0v) is 13.6. The first-order chi connectivity index (χ1) is 10.9. The molecule has 0 atom stereocenters. The summed E-state index contributed by atoms with van der Waals surface area (Å²) >= 11 is 5.76. The second-order valence-electron chi connectivity index (χ2n) is 5.56. The molecular weight excluding hydrogens is 320 g/mol. The van der Waals surface area contributed by atoms with Crippen LogP contribution in [0.15, 0.2) is 24.3 Å². The number of carbonyl (C=O) groups excluding carboxylic acids is 3. The summed E-state index contributed by atoms with van der Waals surface area (Å²) in [6.45, 7) is -0.413. The van der Waals surface area contributed by atoms with E-state index in [0.717, 1.165) is 18.4 Å². The number of amides is 2. The molecule has 0 bridgehead atoms. The Kier molecular flexibility index (Phi) is 5.98. The van der Waals surface area contributed by atoms with Crippen LogP contribution in [0.25, 0.3) is 0 Å². The quantitative estimate of drug-likeness (QED) is 0.757. The molecule has 6 nitrogen and oxygen atoms in total. The number of halogens is 1. The number of likely N-dealkylation sites (N-methyl/N-ethyl adjacent to an activating group) is 1. The molecule has 0 saturated heterocycles. The van der Waals surface area contributed by atoms with E-state index in [9.17, 15) is 14.4 Å². The van der Waals surface area contributed by atoms with Crippen molar-refractivity contribution in [1.82, 2.24) is 10.2 Å². The standard InChI is InChI=1S/C16H19ClN2O4/c1-19(9-14(20)18-13-6-7-13)15(21)10-23-16(22)8-11-2-4-12(17)5-3-11/h2-5,13H,6-10H2,1H3,(H,18,20). The van der Waals surface area contributed by atoms with Gasteiger partial charge >= 0.3 is 5.97 Å². The van der Waals surface area contributed by atoms with Gasteiger partial charge in [-0.15, -0.1) is 0 Å². The monoisotopic (exact) mass is 338 g/mol. The molecule has 1 fully saturated rings. The third kappa shape index (κ3) is 6.28. The van der Waals surface area contributed by atoms with Crippen LogP contribution in [-0.2, 0) is 25.5 Å². The molecule has 0 heterocycles. The molecule has 1 aliphatic rings. The molecule has 124 valence electrons. The van der Waals surface area contributed by atoms with Gasteiger partial charge in [-0.2, -0.15) is 0 Å². The zero-order chi connectivity index (χ0) is 16.8. The molecule has 2 rings (SSSR count). The minimum Gasteiger partial charge on any atom is -0.455 e. The zero-order valence-electron chi connectivity index (χ0n) is 12.9. The average molecular weight is 339 g/mol. The number of nitrogens with zero attached hydrogens (tertiary/aromatic N) is 1. The molecule has 0 unspecified atom stereocenters. The number of benzene rings is 1. The van der Waals surface area contributed by atoms with Gasteiger partial charge in [0, 0.05) is 18.1 Å². The van der Waals surface area contributed by atoms with E-state index in [4.69, 9.17) is 16.3 Å². The van der Waals surface area contributed by atoms with Gasteiger partial charge in [-0.25, -0.2) is 0 Å². The van der Waals surface area contributed by atoms with Crippen LogP contribution in [0.4, 0.5) is 0 Å². The SMILES string of the molecule is CN(CC(=O)NC1CC1)C(=O)COC(=O)Cc1ccc(Cl)cc1. The van der Waals surface area contributed by atoms with Crippen molar-refractivity contribution in [3.05, 3.63) is 34.9 Å². The van der Waals surface area contributed by atoms with E-state index >= 15 is 0 Å². The molecule has 7 heteroatoms. The topological polar surface area (TPSA) is 75.7 Å². The predicted octanol–water partition coefficient (Wildman–Crippen LogP) is 1.16. The van der Waals surface area contributed by atoms with Crippen molar-refractivity contribution in [2.75, 3.05) is 20.2 Å². The fourth-order valence-electron chi connectivity index (χ4n) is 1.88. The van der Waals surface area contributed by atoms with Crippen LogP contribution in [0.1, 0.15) is 18.4 Å². The summed E-state index contributed by atoms with van der Waals surface area (Å²) in [7, 11) is 1.50. The van der Waals surface area contributed by atoms with Gasteiger partial charge in [-0.1, -0.05) is 23.7 Å². The normalized spacial score (nSPS) is 13.3. The summed E-state index contributed by atoms with van der Waals surface area (Å²) < 4.78 is 4.94. The highest BCUT2D eigenvalue weighted by atomic mass is 35.5. The van der Waals surface area contributed by atoms with Crippen LogP contribution >= 0.6 is 11.6 Å². The lowest BCUT2D eigenvalue weighted by molar-refractivity contribution is -0.151. The maximum absolute atomic E-state index is 11.8. The largest absolute Gasteiger partial charge is 0.455 e. The van der Waals surface area contributed by atoms with Crippen molar-refractivity contribution in [3.8, 4) is 0 Å². The Morgan fingerprint density at radius 2 is 1.91 bits per heavy atom. The van der Waals surface area contributed by atoms with Crippen molar-refractivity contribution < 1.29 is 19.1 Å². The van der Waals surface area contributed by atoms with Gasteiger partial charge in [0.05, 0.1) is 13.0 Å². The van der Waals surface area contributed by atoms with Crippen LogP contribution in [-0.4, -0.2) is 48.9 Å². The molecule has 0 spiro atoms. The maximum atomic E-state index is 11.8. The summed E-state index contributed by atoms with van der Waals surface area (Å²) in [5.41, 5.74) is 0.754. The second kappa shape index (κ2) is 7.97. The third-order valence-corrected chi connectivity index (χ3v) is 3.62. The van der Waals surface area contributed by atoms with E-state index in [0.29, 0.717) is 5.02 Å². The van der Waals surface area contributed by atoms with Crippen LogP contribution in [0.2, 0.25) is 5.02 Å². The summed E-state index contributed by atoms with van der Waals surface area (Å²) in [6, 6.07) is 7.06. The van der Waals surface area contributed by atoms with E-state index < -0.39 is 11.9 Å².